The number of hydrogen-bond acceptors (Lipinski definition) is 3. The molecule has 0 amide bonds. The summed E-state index contributed by atoms with van der Waals surface area (Å²) in [6.07, 6.45) is -0.390. The van der Waals surface area contributed by atoms with Crippen molar-refractivity contribution < 1.29 is 18.7 Å². The molecule has 0 spiro atoms. The highest BCUT2D eigenvalue weighted by atomic mass is 19.1. The lowest BCUT2D eigenvalue weighted by atomic mass is 10.1. The first-order valence-electron chi connectivity index (χ1n) is 9.08. The summed E-state index contributed by atoms with van der Waals surface area (Å²) < 4.78 is 20.7. The Bertz CT molecular complexity index is 1030. The lowest BCUT2D eigenvalue weighted by Gasteiger charge is -2.13. The quantitative estimate of drug-likeness (QED) is 0.355. The van der Waals surface area contributed by atoms with Gasteiger partial charge in [0.05, 0.1) is 17.4 Å². The van der Waals surface area contributed by atoms with Crippen LogP contribution >= 0.6 is 0 Å². The van der Waals surface area contributed by atoms with E-state index in [1.165, 1.54) is 12.1 Å². The van der Waals surface area contributed by atoms with Crippen molar-refractivity contribution in [1.82, 2.24) is 4.57 Å². The minimum absolute atomic E-state index is 0.241. The Labute approximate surface area is 163 Å². The molecule has 1 heterocycles. The third-order valence-electron chi connectivity index (χ3n) is 4.43. The molecule has 0 atom stereocenters. The molecule has 0 fully saturated rings. The highest BCUT2D eigenvalue weighted by Gasteiger charge is 2.26. The summed E-state index contributed by atoms with van der Waals surface area (Å²) in [6.45, 7) is 7.09. The van der Waals surface area contributed by atoms with Gasteiger partial charge in [0.1, 0.15) is 5.82 Å². The molecule has 0 saturated heterocycles. The van der Waals surface area contributed by atoms with E-state index in [9.17, 15) is 14.0 Å². The molecule has 0 radical (unpaired) electrons. The van der Waals surface area contributed by atoms with Crippen LogP contribution in [0.4, 0.5) is 4.39 Å². The van der Waals surface area contributed by atoms with Gasteiger partial charge >= 0.3 is 5.97 Å². The van der Waals surface area contributed by atoms with Gasteiger partial charge in [0.25, 0.3) is 5.78 Å². The lowest BCUT2D eigenvalue weighted by Crippen LogP contribution is -2.21. The van der Waals surface area contributed by atoms with Gasteiger partial charge < -0.3 is 9.30 Å². The molecule has 2 aromatic carbocycles. The number of aromatic nitrogens is 1. The van der Waals surface area contributed by atoms with E-state index in [0.29, 0.717) is 17.1 Å². The minimum Gasteiger partial charge on any atom is -0.457 e. The first-order valence-corrected chi connectivity index (χ1v) is 9.08. The van der Waals surface area contributed by atoms with Crippen molar-refractivity contribution in [2.24, 2.45) is 0 Å². The Morgan fingerprint density at radius 3 is 2.29 bits per heavy atom. The number of carbonyl (C=O) groups excluding carboxylic acids is 2. The van der Waals surface area contributed by atoms with Crippen molar-refractivity contribution in [1.29, 1.82) is 0 Å². The van der Waals surface area contributed by atoms with Crippen LogP contribution in [-0.4, -0.2) is 22.4 Å². The first kappa shape index (κ1) is 19.5. The molecule has 1 aromatic heterocycles. The smallest absolute Gasteiger partial charge is 0.379 e. The number of ether oxygens (including phenoxy) is 1. The SMILES string of the molecule is Cc1ccc(-c2cc(C(=O)C(=O)OC(C)C)c(C)n2-c2cccc(F)c2)cc1. The number of esters is 1. The van der Waals surface area contributed by atoms with Crippen molar-refractivity contribution in [3.8, 4) is 16.9 Å². The summed E-state index contributed by atoms with van der Waals surface area (Å²) in [4.78, 5) is 24.8. The normalized spacial score (nSPS) is 10.9. The molecule has 0 aliphatic carbocycles. The monoisotopic (exact) mass is 379 g/mol. The molecule has 0 unspecified atom stereocenters. The van der Waals surface area contributed by atoms with Gasteiger partial charge in [-0.05, 0) is 57.5 Å². The van der Waals surface area contributed by atoms with Crippen LogP contribution in [-0.2, 0) is 9.53 Å². The Kier molecular flexibility index (Phi) is 5.45. The molecule has 3 aromatic rings. The van der Waals surface area contributed by atoms with Crippen LogP contribution in [0.3, 0.4) is 0 Å². The summed E-state index contributed by atoms with van der Waals surface area (Å²) in [5.41, 5.74) is 4.01. The maximum atomic E-state index is 13.9. The average molecular weight is 379 g/mol. The van der Waals surface area contributed by atoms with Crippen molar-refractivity contribution in [3.05, 3.63) is 77.2 Å². The molecular weight excluding hydrogens is 357 g/mol. The number of halogens is 1. The molecule has 144 valence electrons. The van der Waals surface area contributed by atoms with E-state index in [2.05, 4.69) is 0 Å². The standard InChI is InChI=1S/C23H22FNO3/c1-14(2)28-23(27)22(26)20-13-21(17-10-8-15(3)9-11-17)25(16(20)4)19-7-5-6-18(24)12-19/h5-14H,1-4H3. The zero-order valence-corrected chi connectivity index (χ0v) is 16.3. The van der Waals surface area contributed by atoms with E-state index in [1.54, 1.807) is 43.5 Å². The Morgan fingerprint density at radius 1 is 1.00 bits per heavy atom. The summed E-state index contributed by atoms with van der Waals surface area (Å²) in [6, 6.07) is 15.6. The fourth-order valence-corrected chi connectivity index (χ4v) is 3.10. The molecular formula is C23H22FNO3. The second kappa shape index (κ2) is 7.80. The van der Waals surface area contributed by atoms with Gasteiger partial charge in [-0.2, -0.15) is 0 Å². The minimum atomic E-state index is -0.898. The van der Waals surface area contributed by atoms with Crippen LogP contribution in [0.25, 0.3) is 16.9 Å². The van der Waals surface area contributed by atoms with E-state index in [4.69, 9.17) is 4.74 Å². The van der Waals surface area contributed by atoms with Crippen molar-refractivity contribution in [2.75, 3.05) is 0 Å². The van der Waals surface area contributed by atoms with Crippen molar-refractivity contribution in [2.45, 2.75) is 33.8 Å². The van der Waals surface area contributed by atoms with Crippen LogP contribution in [0.1, 0.15) is 35.5 Å². The largest absolute Gasteiger partial charge is 0.457 e. The van der Waals surface area contributed by atoms with Crippen LogP contribution in [0.5, 0.6) is 0 Å². The van der Waals surface area contributed by atoms with Gasteiger partial charge in [0.15, 0.2) is 0 Å². The highest BCUT2D eigenvalue weighted by molar-refractivity contribution is 6.41. The van der Waals surface area contributed by atoms with E-state index < -0.39 is 17.9 Å². The van der Waals surface area contributed by atoms with E-state index in [-0.39, 0.29) is 11.4 Å². The van der Waals surface area contributed by atoms with E-state index in [0.717, 1.165) is 11.1 Å². The van der Waals surface area contributed by atoms with Gasteiger partial charge in [0, 0.05) is 11.4 Å². The Morgan fingerprint density at radius 2 is 1.68 bits per heavy atom. The predicted molar refractivity (Wildman–Crippen MR) is 106 cm³/mol. The summed E-state index contributed by atoms with van der Waals surface area (Å²) in [5.74, 6) is -1.99. The van der Waals surface area contributed by atoms with Crippen molar-refractivity contribution in [3.63, 3.8) is 0 Å². The Balaban J connectivity index is 2.19. The fraction of sp³-hybridized carbons (Fsp3) is 0.217. The number of benzene rings is 2. The summed E-state index contributed by atoms with van der Waals surface area (Å²) in [7, 11) is 0. The zero-order chi connectivity index (χ0) is 20.4. The first-order chi connectivity index (χ1) is 13.3. The van der Waals surface area contributed by atoms with Gasteiger partial charge in [0.2, 0.25) is 0 Å². The molecule has 0 aliphatic heterocycles. The van der Waals surface area contributed by atoms with Gasteiger partial charge in [-0.1, -0.05) is 35.9 Å². The fourth-order valence-electron chi connectivity index (χ4n) is 3.10. The predicted octanol–water partition coefficient (Wildman–Crippen LogP) is 5.03. The molecule has 28 heavy (non-hydrogen) atoms. The third kappa shape index (κ3) is 3.88. The van der Waals surface area contributed by atoms with Gasteiger partial charge in [-0.15, -0.1) is 0 Å². The average Bonchev–Trinajstić information content (AvgIpc) is 2.98. The van der Waals surface area contributed by atoms with Gasteiger partial charge in [-0.25, -0.2) is 9.18 Å². The molecule has 0 N–H and O–H groups in total. The summed E-state index contributed by atoms with van der Waals surface area (Å²) in [5, 5.41) is 0. The summed E-state index contributed by atoms with van der Waals surface area (Å²) >= 11 is 0. The molecule has 5 heteroatoms. The Hall–Kier alpha value is -3.21. The number of aryl methyl sites for hydroxylation is 1. The van der Waals surface area contributed by atoms with Crippen LogP contribution in [0, 0.1) is 19.7 Å². The number of hydrogen-bond donors (Lipinski definition) is 0. The number of carbonyl (C=O) groups is 2. The lowest BCUT2D eigenvalue weighted by molar-refractivity contribution is -0.141. The van der Waals surface area contributed by atoms with Gasteiger partial charge in [-0.3, -0.25) is 4.79 Å². The topological polar surface area (TPSA) is 48.3 Å². The zero-order valence-electron chi connectivity index (χ0n) is 16.3. The molecule has 4 nitrogen and oxygen atoms in total. The number of Topliss-reactive ketones (excluding diaryl/α,β-unsaturated/α-hetero) is 1. The number of ketones is 1. The van der Waals surface area contributed by atoms with Crippen LogP contribution in [0.2, 0.25) is 0 Å². The van der Waals surface area contributed by atoms with E-state index in [1.807, 2.05) is 31.2 Å². The number of rotatable bonds is 5. The molecule has 3 rings (SSSR count). The molecule has 0 bridgehead atoms. The maximum absolute atomic E-state index is 13.9. The van der Waals surface area contributed by atoms with Crippen LogP contribution in [0.15, 0.2) is 54.6 Å². The molecule has 0 saturated carbocycles. The van der Waals surface area contributed by atoms with E-state index >= 15 is 0 Å². The maximum Gasteiger partial charge on any atom is 0.379 e. The second-order valence-corrected chi connectivity index (χ2v) is 6.99. The number of nitrogens with zero attached hydrogens (tertiary/aromatic N) is 1. The van der Waals surface area contributed by atoms with Crippen LogP contribution < -0.4 is 0 Å². The van der Waals surface area contributed by atoms with Crippen molar-refractivity contribution >= 4 is 11.8 Å². The molecule has 0 aliphatic rings. The second-order valence-electron chi connectivity index (χ2n) is 6.99. The third-order valence-corrected chi connectivity index (χ3v) is 4.43. The highest BCUT2D eigenvalue weighted by Crippen LogP contribution is 2.30.